The lowest BCUT2D eigenvalue weighted by Crippen LogP contribution is -2.20. The van der Waals surface area contributed by atoms with Crippen LogP contribution in [-0.4, -0.2) is 24.7 Å². The molecule has 0 saturated heterocycles. The highest BCUT2D eigenvalue weighted by molar-refractivity contribution is 7.81. The van der Waals surface area contributed by atoms with Crippen LogP contribution >= 0.6 is 0 Å². The maximum Gasteiger partial charge on any atom is 0.277 e. The van der Waals surface area contributed by atoms with Gasteiger partial charge in [-0.15, -0.1) is 0 Å². The molecule has 0 bridgehead atoms. The first-order valence-corrected chi connectivity index (χ1v) is 11.5. The third-order valence-corrected chi connectivity index (χ3v) is 5.95. The first kappa shape index (κ1) is 24.5. The molecule has 0 aliphatic rings. The van der Waals surface area contributed by atoms with E-state index in [1.54, 1.807) is 30.3 Å². The molecule has 3 N–H and O–H groups in total. The Morgan fingerprint density at radius 3 is 2.28 bits per heavy atom. The standard InChI is InChI=1S/C25H18FN3O6S/c26-18-9-12-20(13-10-18)28(36(34)35)23-15-19(11-14-24(23)30)27-25(31)17-7-5-16(6-8-17)21-3-1-2-4-22(21)29(32)33/h1-15,30H,(H,27,31)(H,34,35). The van der Waals surface area contributed by atoms with E-state index in [2.05, 4.69) is 5.32 Å². The van der Waals surface area contributed by atoms with Crippen LogP contribution < -0.4 is 9.62 Å². The van der Waals surface area contributed by atoms with E-state index in [4.69, 9.17) is 0 Å². The van der Waals surface area contributed by atoms with Gasteiger partial charge in [-0.05, 0) is 66.2 Å². The Morgan fingerprint density at radius 2 is 1.64 bits per heavy atom. The van der Waals surface area contributed by atoms with Crippen molar-refractivity contribution in [2.45, 2.75) is 0 Å². The fourth-order valence-corrected chi connectivity index (χ4v) is 4.15. The molecule has 0 heterocycles. The van der Waals surface area contributed by atoms with Gasteiger partial charge in [0.05, 0.1) is 16.2 Å². The lowest BCUT2D eigenvalue weighted by atomic mass is 10.0. The van der Waals surface area contributed by atoms with Crippen molar-refractivity contribution in [3.63, 3.8) is 0 Å². The number of para-hydroxylation sites is 1. The van der Waals surface area contributed by atoms with Gasteiger partial charge in [-0.2, -0.15) is 0 Å². The summed E-state index contributed by atoms with van der Waals surface area (Å²) in [6.07, 6.45) is 0. The van der Waals surface area contributed by atoms with Crippen LogP contribution in [0.3, 0.4) is 0 Å². The highest BCUT2D eigenvalue weighted by Crippen LogP contribution is 2.36. The number of nitrogens with zero attached hydrogens (tertiary/aromatic N) is 2. The molecule has 182 valence electrons. The minimum atomic E-state index is -2.62. The number of rotatable bonds is 7. The normalized spacial score (nSPS) is 11.5. The molecule has 4 aromatic rings. The molecule has 1 atom stereocenters. The van der Waals surface area contributed by atoms with Gasteiger partial charge in [-0.25, -0.2) is 12.9 Å². The quantitative estimate of drug-likeness (QED) is 0.128. The molecule has 9 nitrogen and oxygen atoms in total. The molecule has 0 spiro atoms. The van der Waals surface area contributed by atoms with E-state index in [-0.39, 0.29) is 34.1 Å². The highest BCUT2D eigenvalue weighted by atomic mass is 32.2. The van der Waals surface area contributed by atoms with Gasteiger partial charge in [0, 0.05) is 17.3 Å². The Hall–Kier alpha value is -4.61. The van der Waals surface area contributed by atoms with Crippen molar-refractivity contribution < 1.29 is 28.0 Å². The van der Waals surface area contributed by atoms with E-state index >= 15 is 0 Å². The molecule has 0 radical (unpaired) electrons. The summed E-state index contributed by atoms with van der Waals surface area (Å²) in [5.41, 5.74) is 1.44. The number of halogens is 1. The van der Waals surface area contributed by atoms with Crippen LogP contribution in [0.25, 0.3) is 11.1 Å². The van der Waals surface area contributed by atoms with Crippen molar-refractivity contribution in [2.75, 3.05) is 9.62 Å². The maximum absolute atomic E-state index is 13.3. The number of nitro groups is 1. The third-order valence-electron chi connectivity index (χ3n) is 5.23. The summed E-state index contributed by atoms with van der Waals surface area (Å²) >= 11 is -2.62. The zero-order valence-corrected chi connectivity index (χ0v) is 19.2. The smallest absolute Gasteiger partial charge is 0.277 e. The molecule has 36 heavy (non-hydrogen) atoms. The Balaban J connectivity index is 1.58. The number of aromatic hydroxyl groups is 1. The number of nitro benzene ring substituents is 1. The van der Waals surface area contributed by atoms with Crippen molar-refractivity contribution >= 4 is 39.9 Å². The second kappa shape index (κ2) is 10.3. The second-order valence-corrected chi connectivity index (χ2v) is 8.34. The second-order valence-electron chi connectivity index (χ2n) is 7.51. The molecule has 0 aliphatic carbocycles. The molecule has 1 unspecified atom stereocenters. The Morgan fingerprint density at radius 1 is 0.972 bits per heavy atom. The summed E-state index contributed by atoms with van der Waals surface area (Å²) in [7, 11) is 0. The average molecular weight is 507 g/mol. The molecular weight excluding hydrogens is 489 g/mol. The van der Waals surface area contributed by atoms with E-state index in [0.29, 0.717) is 11.1 Å². The molecule has 0 aliphatic heterocycles. The Bertz CT molecular complexity index is 1460. The number of carbonyl (C=O) groups is 1. The number of amides is 1. The van der Waals surface area contributed by atoms with Gasteiger partial charge < -0.3 is 10.4 Å². The van der Waals surface area contributed by atoms with Crippen molar-refractivity contribution in [1.82, 2.24) is 0 Å². The fraction of sp³-hybridized carbons (Fsp3) is 0. The van der Waals surface area contributed by atoms with E-state index in [1.165, 1.54) is 48.5 Å². The predicted octanol–water partition coefficient (Wildman–Crippen LogP) is 5.63. The van der Waals surface area contributed by atoms with Gasteiger partial charge >= 0.3 is 0 Å². The average Bonchev–Trinajstić information content (AvgIpc) is 2.87. The largest absolute Gasteiger partial charge is 0.506 e. The molecule has 11 heteroatoms. The van der Waals surface area contributed by atoms with Gasteiger partial charge in [0.1, 0.15) is 17.3 Å². The van der Waals surface area contributed by atoms with Crippen LogP contribution in [0.5, 0.6) is 5.75 Å². The van der Waals surface area contributed by atoms with Gasteiger partial charge in [-0.1, -0.05) is 24.3 Å². The topological polar surface area (TPSA) is 133 Å². The number of phenolic OH excluding ortho intramolecular Hbond substituents is 1. The molecule has 1 amide bonds. The number of hydrogen-bond donors (Lipinski definition) is 3. The lowest BCUT2D eigenvalue weighted by Gasteiger charge is -2.21. The summed E-state index contributed by atoms with van der Waals surface area (Å²) in [4.78, 5) is 23.6. The predicted molar refractivity (Wildman–Crippen MR) is 134 cm³/mol. The molecule has 4 aromatic carbocycles. The molecular formula is C25H18FN3O6S. The molecule has 0 saturated carbocycles. The zero-order valence-electron chi connectivity index (χ0n) is 18.4. The van der Waals surface area contributed by atoms with E-state index in [9.17, 15) is 33.2 Å². The first-order chi connectivity index (χ1) is 17.2. The van der Waals surface area contributed by atoms with Gasteiger partial charge in [0.15, 0.2) is 0 Å². The van der Waals surface area contributed by atoms with Gasteiger partial charge in [-0.3, -0.25) is 19.5 Å². The number of anilines is 3. The Kier molecular flexibility index (Phi) is 7.04. The molecule has 0 fully saturated rings. The fourth-order valence-electron chi connectivity index (χ4n) is 3.54. The van der Waals surface area contributed by atoms with Crippen molar-refractivity contribution in [2.24, 2.45) is 0 Å². The number of phenols is 1. The Labute approximate surface area is 207 Å². The minimum absolute atomic E-state index is 0.0571. The third kappa shape index (κ3) is 5.22. The number of hydrogen-bond acceptors (Lipinski definition) is 5. The molecule has 4 rings (SSSR count). The maximum atomic E-state index is 13.3. The van der Waals surface area contributed by atoms with Gasteiger partial charge in [0.2, 0.25) is 0 Å². The van der Waals surface area contributed by atoms with Gasteiger partial charge in [0.25, 0.3) is 22.9 Å². The highest BCUT2D eigenvalue weighted by Gasteiger charge is 2.20. The number of benzene rings is 4. The number of nitrogens with one attached hydrogen (secondary N) is 1. The summed E-state index contributed by atoms with van der Waals surface area (Å²) < 4.78 is 36.0. The summed E-state index contributed by atoms with van der Waals surface area (Å²) in [5, 5.41) is 24.2. The van der Waals surface area contributed by atoms with E-state index in [1.807, 2.05) is 0 Å². The van der Waals surface area contributed by atoms with Crippen molar-refractivity contribution in [3.05, 3.63) is 112 Å². The summed E-state index contributed by atoms with van der Waals surface area (Å²) in [5.74, 6) is -1.40. The van der Waals surface area contributed by atoms with Crippen molar-refractivity contribution in [1.29, 1.82) is 0 Å². The number of carbonyl (C=O) groups excluding carboxylic acids is 1. The van der Waals surface area contributed by atoms with Crippen LogP contribution in [0, 0.1) is 15.9 Å². The minimum Gasteiger partial charge on any atom is -0.506 e. The van der Waals surface area contributed by atoms with Crippen LogP contribution in [0.2, 0.25) is 0 Å². The molecule has 0 aromatic heterocycles. The summed E-state index contributed by atoms with van der Waals surface area (Å²) in [6.45, 7) is 0. The lowest BCUT2D eigenvalue weighted by molar-refractivity contribution is -0.384. The first-order valence-electron chi connectivity index (χ1n) is 10.4. The van der Waals surface area contributed by atoms with E-state index in [0.717, 1.165) is 16.4 Å². The summed E-state index contributed by atoms with van der Waals surface area (Å²) in [6, 6.07) is 21.1. The van der Waals surface area contributed by atoms with Crippen molar-refractivity contribution in [3.8, 4) is 16.9 Å². The van der Waals surface area contributed by atoms with Crippen LogP contribution in [0.15, 0.2) is 91.0 Å². The zero-order chi connectivity index (χ0) is 25.8. The van der Waals surface area contributed by atoms with Crippen LogP contribution in [-0.2, 0) is 11.3 Å². The van der Waals surface area contributed by atoms with E-state index < -0.39 is 27.9 Å². The van der Waals surface area contributed by atoms with Crippen LogP contribution in [0.4, 0.5) is 27.1 Å². The van der Waals surface area contributed by atoms with Crippen LogP contribution in [0.1, 0.15) is 10.4 Å². The SMILES string of the molecule is O=C(Nc1ccc(O)c(N(c2ccc(F)cc2)S(=O)O)c1)c1ccc(-c2ccccc2[N+](=O)[O-])cc1. The monoisotopic (exact) mass is 507 g/mol.